The lowest BCUT2D eigenvalue weighted by Crippen LogP contribution is -2.05. The summed E-state index contributed by atoms with van der Waals surface area (Å²) in [5.41, 5.74) is 1.22. The van der Waals surface area contributed by atoms with Crippen molar-refractivity contribution in [2.24, 2.45) is 5.92 Å². The maximum absolute atomic E-state index is 11.2. The minimum Gasteiger partial charge on any atom is -0.466 e. The molecule has 1 aromatic rings. The normalized spacial score (nSPS) is 12.2. The van der Waals surface area contributed by atoms with Crippen molar-refractivity contribution in [1.82, 2.24) is 0 Å². The Hall–Kier alpha value is -1.90. The van der Waals surface area contributed by atoms with E-state index in [1.807, 2.05) is 30.4 Å². The van der Waals surface area contributed by atoms with Crippen LogP contribution in [-0.4, -0.2) is 18.9 Å². The highest BCUT2D eigenvalue weighted by atomic mass is 16.5. The van der Waals surface area contributed by atoms with Gasteiger partial charge in [-0.25, -0.2) is 0 Å². The molecule has 3 nitrogen and oxygen atoms in total. The monoisotopic (exact) mass is 274 g/mol. The highest BCUT2D eigenvalue weighted by Crippen LogP contribution is 2.10. The fourth-order valence-corrected chi connectivity index (χ4v) is 1.92. The number of carbonyl (C=O) groups is 2. The van der Waals surface area contributed by atoms with Crippen molar-refractivity contribution in [1.29, 1.82) is 0 Å². The van der Waals surface area contributed by atoms with Gasteiger partial charge in [-0.15, -0.1) is 0 Å². The molecule has 0 N–H and O–H groups in total. The zero-order valence-corrected chi connectivity index (χ0v) is 12.0. The predicted molar refractivity (Wildman–Crippen MR) is 79.3 cm³/mol. The van der Waals surface area contributed by atoms with Crippen LogP contribution in [0.15, 0.2) is 42.5 Å². The Balaban J connectivity index is 2.28. The van der Waals surface area contributed by atoms with E-state index in [4.69, 9.17) is 4.74 Å². The van der Waals surface area contributed by atoms with E-state index in [1.165, 1.54) is 5.56 Å². The Kier molecular flexibility index (Phi) is 8.04. The van der Waals surface area contributed by atoms with Crippen LogP contribution in [0.2, 0.25) is 0 Å². The number of hydrogen-bond acceptors (Lipinski definition) is 3. The van der Waals surface area contributed by atoms with Gasteiger partial charge in [0.15, 0.2) is 0 Å². The summed E-state index contributed by atoms with van der Waals surface area (Å²) in [5.74, 6) is -0.307. The Bertz CT molecular complexity index is 423. The minimum absolute atomic E-state index is 0.117. The van der Waals surface area contributed by atoms with Gasteiger partial charge < -0.3 is 9.53 Å². The van der Waals surface area contributed by atoms with Crippen LogP contribution in [0.5, 0.6) is 0 Å². The molecule has 0 unspecified atom stereocenters. The first kappa shape index (κ1) is 16.2. The van der Waals surface area contributed by atoms with Crippen LogP contribution >= 0.6 is 0 Å². The molecule has 0 saturated carbocycles. The first-order chi connectivity index (χ1) is 9.76. The van der Waals surface area contributed by atoms with Crippen molar-refractivity contribution in [2.75, 3.05) is 6.61 Å². The molecule has 108 valence electrons. The van der Waals surface area contributed by atoms with Crippen molar-refractivity contribution in [3.05, 3.63) is 48.0 Å². The van der Waals surface area contributed by atoms with Gasteiger partial charge in [-0.05, 0) is 31.7 Å². The van der Waals surface area contributed by atoms with Crippen LogP contribution in [0.4, 0.5) is 0 Å². The van der Waals surface area contributed by atoms with Gasteiger partial charge in [0.25, 0.3) is 0 Å². The van der Waals surface area contributed by atoms with Crippen molar-refractivity contribution in [3.8, 4) is 0 Å². The highest BCUT2D eigenvalue weighted by molar-refractivity contribution is 5.69. The Morgan fingerprint density at radius 3 is 2.70 bits per heavy atom. The first-order valence-electron chi connectivity index (χ1n) is 7.07. The molecule has 0 aliphatic rings. The van der Waals surface area contributed by atoms with Gasteiger partial charge in [0.1, 0.15) is 6.29 Å². The van der Waals surface area contributed by atoms with Gasteiger partial charge in [-0.1, -0.05) is 42.5 Å². The van der Waals surface area contributed by atoms with Crippen LogP contribution < -0.4 is 0 Å². The molecule has 1 rings (SSSR count). The van der Waals surface area contributed by atoms with Crippen LogP contribution in [0.3, 0.4) is 0 Å². The van der Waals surface area contributed by atoms with Crippen LogP contribution in [-0.2, 0) is 20.7 Å². The van der Waals surface area contributed by atoms with E-state index >= 15 is 0 Å². The van der Waals surface area contributed by atoms with Crippen LogP contribution in [0, 0.1) is 5.92 Å². The van der Waals surface area contributed by atoms with E-state index in [-0.39, 0.29) is 11.9 Å². The molecule has 0 saturated heterocycles. The highest BCUT2D eigenvalue weighted by Gasteiger charge is 2.06. The summed E-state index contributed by atoms with van der Waals surface area (Å²) in [6, 6.07) is 10.1. The molecular formula is C17H22O3. The summed E-state index contributed by atoms with van der Waals surface area (Å²) in [7, 11) is 0. The van der Waals surface area contributed by atoms with Crippen LogP contribution in [0.25, 0.3) is 0 Å². The zero-order valence-electron chi connectivity index (χ0n) is 12.0. The largest absolute Gasteiger partial charge is 0.466 e. The summed E-state index contributed by atoms with van der Waals surface area (Å²) in [5, 5.41) is 0. The molecule has 1 aromatic carbocycles. The van der Waals surface area contributed by atoms with Crippen molar-refractivity contribution in [2.45, 2.75) is 32.6 Å². The molecule has 0 fully saturated rings. The lowest BCUT2D eigenvalue weighted by molar-refractivity contribution is -0.143. The molecule has 0 amide bonds. The SMILES string of the molecule is CCOC(=O)CCC[C@@H](C=O)/C=C/Cc1ccccc1. The van der Waals surface area contributed by atoms with Gasteiger partial charge in [-0.3, -0.25) is 4.79 Å². The Morgan fingerprint density at radius 2 is 2.05 bits per heavy atom. The molecule has 0 radical (unpaired) electrons. The number of aldehydes is 1. The molecule has 20 heavy (non-hydrogen) atoms. The maximum Gasteiger partial charge on any atom is 0.305 e. The van der Waals surface area contributed by atoms with E-state index < -0.39 is 0 Å². The summed E-state index contributed by atoms with van der Waals surface area (Å²) in [4.78, 5) is 22.2. The van der Waals surface area contributed by atoms with E-state index in [1.54, 1.807) is 6.92 Å². The quantitative estimate of drug-likeness (QED) is 0.394. The summed E-state index contributed by atoms with van der Waals surface area (Å²) in [6.07, 6.45) is 7.44. The number of carbonyl (C=O) groups excluding carboxylic acids is 2. The van der Waals surface area contributed by atoms with Crippen molar-refractivity contribution in [3.63, 3.8) is 0 Å². The molecule has 0 heterocycles. The lowest BCUT2D eigenvalue weighted by atomic mass is 10.0. The van der Waals surface area contributed by atoms with E-state index in [0.717, 1.165) is 12.7 Å². The van der Waals surface area contributed by atoms with Gasteiger partial charge in [0.05, 0.1) is 6.61 Å². The smallest absolute Gasteiger partial charge is 0.305 e. The van der Waals surface area contributed by atoms with Gasteiger partial charge in [-0.2, -0.15) is 0 Å². The first-order valence-corrected chi connectivity index (χ1v) is 7.07. The van der Waals surface area contributed by atoms with Gasteiger partial charge in [0, 0.05) is 12.3 Å². The number of ether oxygens (including phenoxy) is 1. The number of rotatable bonds is 9. The lowest BCUT2D eigenvalue weighted by Gasteiger charge is -2.05. The van der Waals surface area contributed by atoms with Crippen molar-refractivity contribution < 1.29 is 14.3 Å². The molecule has 0 aromatic heterocycles. The second kappa shape index (κ2) is 9.96. The molecular weight excluding hydrogens is 252 g/mol. The average molecular weight is 274 g/mol. The molecule has 0 spiro atoms. The minimum atomic E-state index is -0.189. The number of esters is 1. The third kappa shape index (κ3) is 6.88. The summed E-state index contributed by atoms with van der Waals surface area (Å²) in [6.45, 7) is 2.20. The second-order valence-corrected chi connectivity index (χ2v) is 4.62. The third-order valence-electron chi connectivity index (χ3n) is 2.98. The third-order valence-corrected chi connectivity index (χ3v) is 2.98. The maximum atomic E-state index is 11.2. The van der Waals surface area contributed by atoms with E-state index in [2.05, 4.69) is 12.1 Å². The number of benzene rings is 1. The molecule has 3 heteroatoms. The van der Waals surface area contributed by atoms with Crippen molar-refractivity contribution >= 4 is 12.3 Å². The summed E-state index contributed by atoms with van der Waals surface area (Å²) >= 11 is 0. The van der Waals surface area contributed by atoms with E-state index in [9.17, 15) is 9.59 Å². The molecule has 0 aliphatic carbocycles. The fraction of sp³-hybridized carbons (Fsp3) is 0.412. The predicted octanol–water partition coefficient (Wildman–Crippen LogP) is 3.33. The zero-order chi connectivity index (χ0) is 14.6. The standard InChI is InChI=1S/C17H22O3/c1-2-20-17(19)13-7-12-16(14-18)11-6-10-15-8-4-3-5-9-15/h3-6,8-9,11,14,16H,2,7,10,12-13H2,1H3/b11-6+/t16-/m0/s1. The van der Waals surface area contributed by atoms with E-state index in [0.29, 0.717) is 25.9 Å². The number of allylic oxidation sites excluding steroid dienone is 2. The topological polar surface area (TPSA) is 43.4 Å². The molecule has 1 atom stereocenters. The Morgan fingerprint density at radius 1 is 1.30 bits per heavy atom. The molecule has 0 bridgehead atoms. The molecule has 0 aliphatic heterocycles. The summed E-state index contributed by atoms with van der Waals surface area (Å²) < 4.78 is 4.85. The number of hydrogen-bond donors (Lipinski definition) is 0. The average Bonchev–Trinajstić information content (AvgIpc) is 2.47. The van der Waals surface area contributed by atoms with Gasteiger partial charge in [0.2, 0.25) is 0 Å². The second-order valence-electron chi connectivity index (χ2n) is 4.62. The fourth-order valence-electron chi connectivity index (χ4n) is 1.92. The Labute approximate surface area is 120 Å². The van der Waals surface area contributed by atoms with Crippen LogP contribution in [0.1, 0.15) is 31.7 Å². The van der Waals surface area contributed by atoms with Gasteiger partial charge >= 0.3 is 5.97 Å².